The molecule has 1 saturated heterocycles. The first-order valence-electron chi connectivity index (χ1n) is 10.3. The molecule has 6 nitrogen and oxygen atoms in total. The molecule has 0 spiro atoms. The SMILES string of the molecule is CCOC(=O)c1ccc(N2C(=O)C[C@@H]([NH+]3CC=C(c4ccccc4)CC3)C2=O)cc1. The molecule has 4 rings (SSSR count). The average Bonchev–Trinajstić information content (AvgIpc) is 3.08. The van der Waals surface area contributed by atoms with Gasteiger partial charge >= 0.3 is 5.97 Å². The summed E-state index contributed by atoms with van der Waals surface area (Å²) < 4.78 is 4.98. The topological polar surface area (TPSA) is 68.1 Å². The van der Waals surface area contributed by atoms with Crippen molar-refractivity contribution in [2.75, 3.05) is 24.6 Å². The van der Waals surface area contributed by atoms with Gasteiger partial charge in [-0.15, -0.1) is 0 Å². The molecule has 1 fully saturated rings. The van der Waals surface area contributed by atoms with E-state index in [1.165, 1.54) is 16.0 Å². The number of esters is 1. The molecule has 154 valence electrons. The lowest BCUT2D eigenvalue weighted by Crippen LogP contribution is -3.17. The summed E-state index contributed by atoms with van der Waals surface area (Å²) in [7, 11) is 0. The van der Waals surface area contributed by atoms with Crippen LogP contribution < -0.4 is 9.80 Å². The molecule has 1 unspecified atom stereocenters. The number of benzene rings is 2. The largest absolute Gasteiger partial charge is 0.462 e. The van der Waals surface area contributed by atoms with Gasteiger partial charge in [0.2, 0.25) is 5.91 Å². The van der Waals surface area contributed by atoms with E-state index in [0.29, 0.717) is 17.9 Å². The number of anilines is 1. The highest BCUT2D eigenvalue weighted by Gasteiger charge is 2.45. The van der Waals surface area contributed by atoms with Gasteiger partial charge in [0, 0.05) is 6.42 Å². The van der Waals surface area contributed by atoms with Crippen LogP contribution in [0.5, 0.6) is 0 Å². The molecule has 0 radical (unpaired) electrons. The molecule has 2 aliphatic rings. The van der Waals surface area contributed by atoms with Gasteiger partial charge in [0.05, 0.1) is 37.4 Å². The molecule has 2 amide bonds. The van der Waals surface area contributed by atoms with Crippen LogP contribution in [-0.4, -0.2) is 43.5 Å². The van der Waals surface area contributed by atoms with Crippen LogP contribution in [0.25, 0.3) is 5.57 Å². The first kappa shape index (κ1) is 20.0. The maximum absolute atomic E-state index is 13.1. The summed E-state index contributed by atoms with van der Waals surface area (Å²) in [4.78, 5) is 39.9. The van der Waals surface area contributed by atoms with Crippen molar-refractivity contribution in [2.24, 2.45) is 0 Å². The molecule has 30 heavy (non-hydrogen) atoms. The molecule has 0 aliphatic carbocycles. The van der Waals surface area contributed by atoms with Crippen molar-refractivity contribution in [3.8, 4) is 0 Å². The number of nitrogens with one attached hydrogen (secondary N) is 1. The third kappa shape index (κ3) is 3.91. The summed E-state index contributed by atoms with van der Waals surface area (Å²) in [5.41, 5.74) is 3.41. The second-order valence-corrected chi connectivity index (χ2v) is 7.55. The van der Waals surface area contributed by atoms with E-state index in [1.54, 1.807) is 31.2 Å². The Morgan fingerprint density at radius 3 is 2.47 bits per heavy atom. The maximum Gasteiger partial charge on any atom is 0.338 e. The molecule has 1 N–H and O–H groups in total. The number of ether oxygens (including phenoxy) is 1. The predicted octanol–water partition coefficient (Wildman–Crippen LogP) is 1.87. The Bertz CT molecular complexity index is 982. The number of imide groups is 1. The summed E-state index contributed by atoms with van der Waals surface area (Å²) in [5, 5.41) is 0. The third-order valence-corrected chi connectivity index (χ3v) is 5.75. The smallest absolute Gasteiger partial charge is 0.338 e. The molecule has 2 heterocycles. The quantitative estimate of drug-likeness (QED) is 0.609. The lowest BCUT2D eigenvalue weighted by molar-refractivity contribution is -0.909. The van der Waals surface area contributed by atoms with Crippen LogP contribution >= 0.6 is 0 Å². The summed E-state index contributed by atoms with van der Waals surface area (Å²) in [6.07, 6.45) is 3.27. The van der Waals surface area contributed by atoms with Gasteiger partial charge in [0.25, 0.3) is 5.91 Å². The zero-order valence-corrected chi connectivity index (χ0v) is 17.0. The molecular weight excluding hydrogens is 380 g/mol. The van der Waals surface area contributed by atoms with Gasteiger partial charge in [0.15, 0.2) is 6.04 Å². The third-order valence-electron chi connectivity index (χ3n) is 5.75. The van der Waals surface area contributed by atoms with E-state index in [0.717, 1.165) is 24.4 Å². The van der Waals surface area contributed by atoms with E-state index in [2.05, 4.69) is 18.2 Å². The second kappa shape index (κ2) is 8.63. The van der Waals surface area contributed by atoms with Gasteiger partial charge in [0.1, 0.15) is 0 Å². The highest BCUT2D eigenvalue weighted by atomic mass is 16.5. The number of hydrogen-bond acceptors (Lipinski definition) is 4. The maximum atomic E-state index is 13.1. The minimum absolute atomic E-state index is 0.171. The summed E-state index contributed by atoms with van der Waals surface area (Å²) in [6.45, 7) is 3.59. The van der Waals surface area contributed by atoms with Gasteiger partial charge < -0.3 is 9.64 Å². The van der Waals surface area contributed by atoms with Crippen molar-refractivity contribution in [1.82, 2.24) is 0 Å². The number of carbonyl (C=O) groups excluding carboxylic acids is 3. The molecular formula is C24H25N2O4+. The number of amides is 2. The van der Waals surface area contributed by atoms with Crippen molar-refractivity contribution in [3.63, 3.8) is 0 Å². The molecule has 6 heteroatoms. The Labute approximate surface area is 175 Å². The van der Waals surface area contributed by atoms with Gasteiger partial charge in [-0.25, -0.2) is 9.69 Å². The number of hydrogen-bond donors (Lipinski definition) is 1. The predicted molar refractivity (Wildman–Crippen MR) is 113 cm³/mol. The minimum Gasteiger partial charge on any atom is -0.462 e. The van der Waals surface area contributed by atoms with Crippen molar-refractivity contribution in [3.05, 3.63) is 71.8 Å². The van der Waals surface area contributed by atoms with Crippen LogP contribution in [0.15, 0.2) is 60.7 Å². The van der Waals surface area contributed by atoms with Gasteiger partial charge in [-0.05, 0) is 48.4 Å². The van der Waals surface area contributed by atoms with Crippen LogP contribution in [0.3, 0.4) is 0 Å². The number of quaternary nitrogens is 1. The van der Waals surface area contributed by atoms with E-state index in [9.17, 15) is 14.4 Å². The lowest BCUT2D eigenvalue weighted by atomic mass is 9.98. The van der Waals surface area contributed by atoms with Gasteiger partial charge in [-0.2, -0.15) is 0 Å². The van der Waals surface area contributed by atoms with E-state index >= 15 is 0 Å². The van der Waals surface area contributed by atoms with Crippen LogP contribution in [-0.2, 0) is 14.3 Å². The van der Waals surface area contributed by atoms with Crippen molar-refractivity contribution < 1.29 is 24.0 Å². The van der Waals surface area contributed by atoms with Crippen LogP contribution in [0.1, 0.15) is 35.7 Å². The van der Waals surface area contributed by atoms with E-state index in [4.69, 9.17) is 4.74 Å². The highest BCUT2D eigenvalue weighted by Crippen LogP contribution is 2.24. The van der Waals surface area contributed by atoms with E-state index in [-0.39, 0.29) is 24.3 Å². The summed E-state index contributed by atoms with van der Waals surface area (Å²) in [6, 6.07) is 16.3. The highest BCUT2D eigenvalue weighted by molar-refractivity contribution is 6.22. The first-order valence-corrected chi connectivity index (χ1v) is 10.3. The Morgan fingerprint density at radius 2 is 1.83 bits per heavy atom. The van der Waals surface area contributed by atoms with Crippen LogP contribution in [0, 0.1) is 0 Å². The molecule has 2 atom stereocenters. The van der Waals surface area contributed by atoms with E-state index < -0.39 is 5.97 Å². The van der Waals surface area contributed by atoms with Crippen LogP contribution in [0.2, 0.25) is 0 Å². The van der Waals surface area contributed by atoms with Crippen molar-refractivity contribution in [1.29, 1.82) is 0 Å². The number of rotatable bonds is 5. The zero-order chi connectivity index (χ0) is 21.1. The second-order valence-electron chi connectivity index (χ2n) is 7.55. The number of nitrogens with zero attached hydrogens (tertiary/aromatic N) is 1. The monoisotopic (exact) mass is 405 g/mol. The lowest BCUT2D eigenvalue weighted by Gasteiger charge is -2.27. The summed E-state index contributed by atoms with van der Waals surface area (Å²) in [5.74, 6) is -0.783. The molecule has 0 bridgehead atoms. The number of carbonyl (C=O) groups is 3. The summed E-state index contributed by atoms with van der Waals surface area (Å²) >= 11 is 0. The normalized spacial score (nSPS) is 21.5. The van der Waals surface area contributed by atoms with Gasteiger partial charge in [-0.3, -0.25) is 9.59 Å². The fraction of sp³-hybridized carbons (Fsp3) is 0.292. The Kier molecular flexibility index (Phi) is 5.77. The molecule has 2 aromatic carbocycles. The Morgan fingerprint density at radius 1 is 1.10 bits per heavy atom. The van der Waals surface area contributed by atoms with Crippen LogP contribution in [0.4, 0.5) is 5.69 Å². The molecule has 0 saturated carbocycles. The Balaban J connectivity index is 1.46. The average molecular weight is 405 g/mol. The molecule has 2 aromatic rings. The van der Waals surface area contributed by atoms with E-state index in [1.807, 2.05) is 18.2 Å². The Hall–Kier alpha value is -3.25. The fourth-order valence-electron chi connectivity index (χ4n) is 4.17. The molecule has 0 aromatic heterocycles. The van der Waals surface area contributed by atoms with Gasteiger partial charge in [-0.1, -0.05) is 30.3 Å². The fourth-order valence-corrected chi connectivity index (χ4v) is 4.17. The molecule has 2 aliphatic heterocycles. The zero-order valence-electron chi connectivity index (χ0n) is 17.0. The minimum atomic E-state index is -0.417. The van der Waals surface area contributed by atoms with Crippen molar-refractivity contribution in [2.45, 2.75) is 25.8 Å². The first-order chi connectivity index (χ1) is 14.6. The standard InChI is InChI=1S/C24H24N2O4/c1-2-30-24(29)19-8-10-20(11-9-19)26-22(27)16-21(23(26)28)25-14-12-18(13-15-25)17-6-4-3-5-7-17/h3-12,21H,2,13-16H2,1H3/p+1/t21-/m1/s1. The van der Waals surface area contributed by atoms with Crippen molar-refractivity contribution >= 4 is 29.0 Å².